The second-order valence-corrected chi connectivity index (χ2v) is 7.16. The molecular weight excluding hydrogens is 248 g/mol. The van der Waals surface area contributed by atoms with E-state index in [-0.39, 0.29) is 5.91 Å². The summed E-state index contributed by atoms with van der Waals surface area (Å²) >= 11 is 1.91. The van der Waals surface area contributed by atoms with Crippen LogP contribution >= 0.6 is 11.8 Å². The highest BCUT2D eigenvalue weighted by atomic mass is 32.2. The Labute approximate surface area is 113 Å². The van der Waals surface area contributed by atoms with Crippen LogP contribution in [-0.2, 0) is 9.53 Å². The Morgan fingerprint density at radius 1 is 1.33 bits per heavy atom. The van der Waals surface area contributed by atoms with E-state index in [0.29, 0.717) is 36.6 Å². The molecule has 2 heterocycles. The molecule has 0 saturated carbocycles. The van der Waals surface area contributed by atoms with E-state index in [1.54, 1.807) is 0 Å². The van der Waals surface area contributed by atoms with Gasteiger partial charge in [0.2, 0.25) is 5.91 Å². The molecule has 1 amide bonds. The molecule has 2 aliphatic heterocycles. The third-order valence-corrected chi connectivity index (χ3v) is 4.90. The van der Waals surface area contributed by atoms with Crippen molar-refractivity contribution in [3.05, 3.63) is 0 Å². The van der Waals surface area contributed by atoms with Crippen molar-refractivity contribution in [2.75, 3.05) is 26.3 Å². The third-order valence-electron chi connectivity index (χ3n) is 3.68. The molecule has 2 rings (SSSR count). The minimum absolute atomic E-state index is 0.0206. The van der Waals surface area contributed by atoms with Gasteiger partial charge < -0.3 is 9.64 Å². The standard InChI is InChI=1S/C13H20N2O2S/c1-10-7-15(8-11(2)18-10)12(16)13(9-14)3-5-17-6-4-13/h10-11H,3-8H2,1-2H3. The largest absolute Gasteiger partial charge is 0.381 e. The molecule has 4 nitrogen and oxygen atoms in total. The zero-order valence-electron chi connectivity index (χ0n) is 11.0. The summed E-state index contributed by atoms with van der Waals surface area (Å²) < 4.78 is 5.28. The molecule has 0 radical (unpaired) electrons. The van der Waals surface area contributed by atoms with Crippen LogP contribution in [0.1, 0.15) is 26.7 Å². The van der Waals surface area contributed by atoms with Crippen molar-refractivity contribution in [3.63, 3.8) is 0 Å². The quantitative estimate of drug-likeness (QED) is 0.726. The molecule has 0 aromatic heterocycles. The zero-order valence-corrected chi connectivity index (χ0v) is 11.8. The van der Waals surface area contributed by atoms with Crippen molar-refractivity contribution in [1.29, 1.82) is 5.26 Å². The van der Waals surface area contributed by atoms with E-state index in [1.165, 1.54) is 0 Å². The molecule has 2 fully saturated rings. The number of hydrogen-bond donors (Lipinski definition) is 0. The maximum absolute atomic E-state index is 12.6. The van der Waals surface area contributed by atoms with Crippen LogP contribution in [0, 0.1) is 16.7 Å². The lowest BCUT2D eigenvalue weighted by Crippen LogP contribution is -2.51. The minimum Gasteiger partial charge on any atom is -0.381 e. The number of hydrogen-bond acceptors (Lipinski definition) is 4. The summed E-state index contributed by atoms with van der Waals surface area (Å²) in [6, 6.07) is 2.27. The molecule has 0 bridgehead atoms. The van der Waals surface area contributed by atoms with Gasteiger partial charge in [-0.15, -0.1) is 0 Å². The first-order valence-corrected chi connectivity index (χ1v) is 7.45. The van der Waals surface area contributed by atoms with E-state index >= 15 is 0 Å². The number of ether oxygens (including phenoxy) is 1. The smallest absolute Gasteiger partial charge is 0.243 e. The van der Waals surface area contributed by atoms with E-state index in [0.717, 1.165) is 13.1 Å². The van der Waals surface area contributed by atoms with Gasteiger partial charge in [-0.25, -0.2) is 0 Å². The Kier molecular flexibility index (Phi) is 4.18. The van der Waals surface area contributed by atoms with Crippen LogP contribution < -0.4 is 0 Å². The van der Waals surface area contributed by atoms with Gasteiger partial charge >= 0.3 is 0 Å². The van der Waals surface area contributed by atoms with Gasteiger partial charge in [0.1, 0.15) is 5.41 Å². The predicted octanol–water partition coefficient (Wildman–Crippen LogP) is 1.66. The molecule has 2 saturated heterocycles. The Hall–Kier alpha value is -0.730. The van der Waals surface area contributed by atoms with E-state index in [4.69, 9.17) is 4.74 Å². The number of nitrogens with zero attached hydrogens (tertiary/aromatic N) is 2. The Balaban J connectivity index is 2.11. The fraction of sp³-hybridized carbons (Fsp3) is 0.846. The van der Waals surface area contributed by atoms with E-state index in [9.17, 15) is 10.1 Å². The summed E-state index contributed by atoms with van der Waals surface area (Å²) in [5.74, 6) is 0.0206. The normalized spacial score (nSPS) is 31.7. The van der Waals surface area contributed by atoms with E-state index in [1.807, 2.05) is 16.7 Å². The highest BCUT2D eigenvalue weighted by Gasteiger charge is 2.44. The summed E-state index contributed by atoms with van der Waals surface area (Å²) in [5.41, 5.74) is -0.834. The highest BCUT2D eigenvalue weighted by Crippen LogP contribution is 2.34. The number of nitriles is 1. The molecule has 5 heteroatoms. The second-order valence-electron chi connectivity index (χ2n) is 5.27. The predicted molar refractivity (Wildman–Crippen MR) is 71.2 cm³/mol. The van der Waals surface area contributed by atoms with Gasteiger partial charge in [-0.2, -0.15) is 17.0 Å². The second kappa shape index (κ2) is 5.50. The summed E-state index contributed by atoms with van der Waals surface area (Å²) in [6.07, 6.45) is 1.07. The van der Waals surface area contributed by atoms with Crippen LogP contribution in [-0.4, -0.2) is 47.6 Å². The van der Waals surface area contributed by atoms with Crippen molar-refractivity contribution in [1.82, 2.24) is 4.90 Å². The van der Waals surface area contributed by atoms with Crippen molar-refractivity contribution in [3.8, 4) is 6.07 Å². The zero-order chi connectivity index (χ0) is 13.2. The van der Waals surface area contributed by atoms with Crippen LogP contribution in [0.25, 0.3) is 0 Å². The number of amides is 1. The number of thioether (sulfide) groups is 1. The van der Waals surface area contributed by atoms with Crippen molar-refractivity contribution >= 4 is 17.7 Å². The topological polar surface area (TPSA) is 53.3 Å². The Morgan fingerprint density at radius 3 is 2.39 bits per heavy atom. The molecule has 2 aliphatic rings. The van der Waals surface area contributed by atoms with Gasteiger partial charge in [-0.3, -0.25) is 4.79 Å². The van der Waals surface area contributed by atoms with Crippen LogP contribution in [0.3, 0.4) is 0 Å². The number of rotatable bonds is 1. The molecule has 0 aromatic rings. The lowest BCUT2D eigenvalue weighted by molar-refractivity contribution is -0.143. The van der Waals surface area contributed by atoms with Gasteiger partial charge in [0.25, 0.3) is 0 Å². The molecule has 100 valence electrons. The highest BCUT2D eigenvalue weighted by molar-refractivity contribution is 8.00. The molecule has 2 unspecified atom stereocenters. The van der Waals surface area contributed by atoms with Gasteiger partial charge in [-0.05, 0) is 12.8 Å². The molecule has 18 heavy (non-hydrogen) atoms. The summed E-state index contributed by atoms with van der Waals surface area (Å²) in [5, 5.41) is 10.3. The summed E-state index contributed by atoms with van der Waals surface area (Å²) in [7, 11) is 0. The molecular formula is C13H20N2O2S. The first-order valence-electron chi connectivity index (χ1n) is 6.51. The Bertz CT molecular complexity index is 350. The first kappa shape index (κ1) is 13.7. The number of carbonyl (C=O) groups is 1. The molecule has 0 spiro atoms. The van der Waals surface area contributed by atoms with E-state index in [2.05, 4.69) is 19.9 Å². The maximum atomic E-state index is 12.6. The lowest BCUT2D eigenvalue weighted by atomic mass is 9.80. The van der Waals surface area contributed by atoms with Crippen LogP contribution in [0.15, 0.2) is 0 Å². The molecule has 2 atom stereocenters. The van der Waals surface area contributed by atoms with Gasteiger partial charge in [-0.1, -0.05) is 13.8 Å². The summed E-state index contributed by atoms with van der Waals surface area (Å²) in [4.78, 5) is 14.5. The van der Waals surface area contributed by atoms with E-state index < -0.39 is 5.41 Å². The van der Waals surface area contributed by atoms with Gasteiger partial charge in [0.05, 0.1) is 6.07 Å². The fourth-order valence-electron chi connectivity index (χ4n) is 2.74. The van der Waals surface area contributed by atoms with Gasteiger partial charge in [0, 0.05) is 36.8 Å². The molecule has 0 aromatic carbocycles. The number of carbonyl (C=O) groups excluding carboxylic acids is 1. The average Bonchev–Trinajstić information content (AvgIpc) is 2.37. The monoisotopic (exact) mass is 268 g/mol. The lowest BCUT2D eigenvalue weighted by Gasteiger charge is -2.40. The molecule has 0 N–H and O–H groups in total. The van der Waals surface area contributed by atoms with Crippen molar-refractivity contribution in [2.24, 2.45) is 5.41 Å². The maximum Gasteiger partial charge on any atom is 0.243 e. The van der Waals surface area contributed by atoms with Crippen LogP contribution in [0.2, 0.25) is 0 Å². The first-order chi connectivity index (χ1) is 8.57. The summed E-state index contributed by atoms with van der Waals surface area (Å²) in [6.45, 7) is 6.85. The SMILES string of the molecule is CC1CN(C(=O)C2(C#N)CCOCC2)CC(C)S1. The van der Waals surface area contributed by atoms with Crippen LogP contribution in [0.4, 0.5) is 0 Å². The minimum atomic E-state index is -0.834. The average molecular weight is 268 g/mol. The van der Waals surface area contributed by atoms with Crippen LogP contribution in [0.5, 0.6) is 0 Å². The van der Waals surface area contributed by atoms with Gasteiger partial charge in [0.15, 0.2) is 0 Å². The third kappa shape index (κ3) is 2.65. The Morgan fingerprint density at radius 2 is 1.89 bits per heavy atom. The van der Waals surface area contributed by atoms with Crippen molar-refractivity contribution < 1.29 is 9.53 Å². The van der Waals surface area contributed by atoms with Crippen molar-refractivity contribution in [2.45, 2.75) is 37.2 Å². The molecule has 0 aliphatic carbocycles. The fourth-order valence-corrected chi connectivity index (χ4v) is 4.06.